The van der Waals surface area contributed by atoms with E-state index in [1.165, 1.54) is 19.3 Å². The Morgan fingerprint density at radius 1 is 1.47 bits per heavy atom. The Morgan fingerprint density at radius 2 is 2.12 bits per heavy atom. The number of nitrogens with zero attached hydrogens (tertiary/aromatic N) is 1. The van der Waals surface area contributed by atoms with Crippen molar-refractivity contribution in [2.75, 3.05) is 19.6 Å². The SMILES string of the molecule is CCCCCC(C)NC(=O)CN1CC(C)(O)C1. The minimum absolute atomic E-state index is 0.0736. The summed E-state index contributed by atoms with van der Waals surface area (Å²) in [5.41, 5.74) is -0.590. The smallest absolute Gasteiger partial charge is 0.234 e. The topological polar surface area (TPSA) is 52.6 Å². The lowest BCUT2D eigenvalue weighted by Gasteiger charge is -2.43. The number of carbonyl (C=O) groups excluding carboxylic acids is 1. The number of unbranched alkanes of at least 4 members (excludes halogenated alkanes) is 2. The number of nitrogens with one attached hydrogen (secondary N) is 1. The molecule has 1 fully saturated rings. The van der Waals surface area contributed by atoms with Gasteiger partial charge in [-0.3, -0.25) is 9.69 Å². The van der Waals surface area contributed by atoms with Crippen LogP contribution in [0.5, 0.6) is 0 Å². The molecule has 0 aromatic carbocycles. The zero-order chi connectivity index (χ0) is 12.9. The summed E-state index contributed by atoms with van der Waals surface area (Å²) in [5, 5.41) is 12.6. The van der Waals surface area contributed by atoms with Gasteiger partial charge < -0.3 is 10.4 Å². The summed E-state index contributed by atoms with van der Waals surface area (Å²) in [6, 6.07) is 0.260. The first-order chi connectivity index (χ1) is 7.93. The number of aliphatic hydroxyl groups is 1. The van der Waals surface area contributed by atoms with Crippen molar-refractivity contribution >= 4 is 5.91 Å². The van der Waals surface area contributed by atoms with Crippen LogP contribution in [0.15, 0.2) is 0 Å². The van der Waals surface area contributed by atoms with Crippen molar-refractivity contribution in [1.82, 2.24) is 10.2 Å². The van der Waals surface area contributed by atoms with Crippen LogP contribution in [0.25, 0.3) is 0 Å². The molecule has 0 bridgehead atoms. The summed E-state index contributed by atoms with van der Waals surface area (Å²) in [6.45, 7) is 7.65. The van der Waals surface area contributed by atoms with Crippen LogP contribution < -0.4 is 5.32 Å². The van der Waals surface area contributed by atoms with Crippen LogP contribution in [0.4, 0.5) is 0 Å². The molecule has 0 aromatic rings. The van der Waals surface area contributed by atoms with Crippen LogP contribution in [-0.4, -0.2) is 47.2 Å². The van der Waals surface area contributed by atoms with Gasteiger partial charge in [0, 0.05) is 19.1 Å². The number of amides is 1. The molecule has 0 aromatic heterocycles. The largest absolute Gasteiger partial charge is 0.388 e. The zero-order valence-corrected chi connectivity index (χ0v) is 11.3. The second-order valence-corrected chi connectivity index (χ2v) is 5.61. The first kappa shape index (κ1) is 14.5. The monoisotopic (exact) mass is 242 g/mol. The zero-order valence-electron chi connectivity index (χ0n) is 11.3. The highest BCUT2D eigenvalue weighted by Crippen LogP contribution is 2.18. The lowest BCUT2D eigenvalue weighted by Crippen LogP contribution is -2.61. The van der Waals surface area contributed by atoms with Crippen LogP contribution in [0.2, 0.25) is 0 Å². The molecule has 0 radical (unpaired) electrons. The highest BCUT2D eigenvalue weighted by Gasteiger charge is 2.37. The molecule has 1 aliphatic heterocycles. The Balaban J connectivity index is 2.08. The molecule has 0 spiro atoms. The van der Waals surface area contributed by atoms with E-state index >= 15 is 0 Å². The molecule has 100 valence electrons. The number of rotatable bonds is 7. The predicted molar refractivity (Wildman–Crippen MR) is 68.8 cm³/mol. The van der Waals surface area contributed by atoms with E-state index in [0.717, 1.165) is 6.42 Å². The fourth-order valence-corrected chi connectivity index (χ4v) is 2.33. The van der Waals surface area contributed by atoms with Crippen LogP contribution in [-0.2, 0) is 4.79 Å². The summed E-state index contributed by atoms with van der Waals surface area (Å²) in [7, 11) is 0. The third-order valence-electron chi connectivity index (χ3n) is 3.14. The van der Waals surface area contributed by atoms with Gasteiger partial charge in [0.05, 0.1) is 12.1 Å². The maximum Gasteiger partial charge on any atom is 0.234 e. The van der Waals surface area contributed by atoms with Gasteiger partial charge in [-0.25, -0.2) is 0 Å². The van der Waals surface area contributed by atoms with Crippen molar-refractivity contribution in [3.63, 3.8) is 0 Å². The fourth-order valence-electron chi connectivity index (χ4n) is 2.33. The second-order valence-electron chi connectivity index (χ2n) is 5.61. The maximum absolute atomic E-state index is 11.7. The summed E-state index contributed by atoms with van der Waals surface area (Å²) in [6.07, 6.45) is 4.67. The minimum Gasteiger partial charge on any atom is -0.388 e. The molecule has 4 heteroatoms. The van der Waals surface area contributed by atoms with E-state index in [0.29, 0.717) is 19.6 Å². The van der Waals surface area contributed by atoms with Gasteiger partial charge in [-0.05, 0) is 20.3 Å². The molecule has 1 heterocycles. The normalized spacial score (nSPS) is 20.7. The van der Waals surface area contributed by atoms with Crippen LogP contribution in [0, 0.1) is 0 Å². The van der Waals surface area contributed by atoms with Crippen LogP contribution in [0.1, 0.15) is 46.5 Å². The average molecular weight is 242 g/mol. The molecule has 1 rings (SSSR count). The summed E-state index contributed by atoms with van der Waals surface area (Å²) < 4.78 is 0. The molecule has 1 atom stereocenters. The van der Waals surface area contributed by atoms with Crippen molar-refractivity contribution in [2.45, 2.75) is 58.1 Å². The summed E-state index contributed by atoms with van der Waals surface area (Å²) >= 11 is 0. The lowest BCUT2D eigenvalue weighted by atomic mass is 9.97. The van der Waals surface area contributed by atoms with E-state index in [1.807, 2.05) is 4.90 Å². The van der Waals surface area contributed by atoms with Gasteiger partial charge in [-0.15, -0.1) is 0 Å². The maximum atomic E-state index is 11.7. The highest BCUT2D eigenvalue weighted by atomic mass is 16.3. The van der Waals surface area contributed by atoms with Crippen molar-refractivity contribution in [2.24, 2.45) is 0 Å². The number of hydrogen-bond acceptors (Lipinski definition) is 3. The first-order valence-corrected chi connectivity index (χ1v) is 6.67. The summed E-state index contributed by atoms with van der Waals surface area (Å²) in [5.74, 6) is 0.0736. The van der Waals surface area contributed by atoms with E-state index in [4.69, 9.17) is 0 Å². The molecular formula is C13H26N2O2. The Bertz CT molecular complexity index is 246. The first-order valence-electron chi connectivity index (χ1n) is 6.67. The molecule has 1 aliphatic rings. The Kier molecular flexibility index (Phi) is 5.40. The standard InChI is InChI=1S/C13H26N2O2/c1-4-5-6-7-11(2)14-12(16)8-15-9-13(3,17)10-15/h11,17H,4-10H2,1-3H3,(H,14,16). The molecule has 0 saturated carbocycles. The third-order valence-corrected chi connectivity index (χ3v) is 3.14. The van der Waals surface area contributed by atoms with E-state index in [2.05, 4.69) is 19.2 Å². The van der Waals surface area contributed by atoms with Gasteiger partial charge in [0.2, 0.25) is 5.91 Å². The van der Waals surface area contributed by atoms with Crippen molar-refractivity contribution in [3.05, 3.63) is 0 Å². The Labute approximate surface area is 104 Å². The summed E-state index contributed by atoms with van der Waals surface area (Å²) in [4.78, 5) is 13.6. The number of hydrogen-bond donors (Lipinski definition) is 2. The van der Waals surface area contributed by atoms with Gasteiger partial charge in [-0.1, -0.05) is 26.2 Å². The molecule has 2 N–H and O–H groups in total. The van der Waals surface area contributed by atoms with Crippen molar-refractivity contribution in [1.29, 1.82) is 0 Å². The number of likely N-dealkylation sites (tertiary alicyclic amines) is 1. The Morgan fingerprint density at radius 3 is 2.65 bits per heavy atom. The van der Waals surface area contributed by atoms with Crippen molar-refractivity contribution in [3.8, 4) is 0 Å². The molecular weight excluding hydrogens is 216 g/mol. The van der Waals surface area contributed by atoms with Gasteiger partial charge in [0.25, 0.3) is 0 Å². The molecule has 17 heavy (non-hydrogen) atoms. The molecule has 0 aliphatic carbocycles. The van der Waals surface area contributed by atoms with Gasteiger partial charge in [0.15, 0.2) is 0 Å². The highest BCUT2D eigenvalue weighted by molar-refractivity contribution is 5.78. The van der Waals surface area contributed by atoms with E-state index in [-0.39, 0.29) is 11.9 Å². The predicted octanol–water partition coefficient (Wildman–Crippen LogP) is 1.14. The van der Waals surface area contributed by atoms with Gasteiger partial charge >= 0.3 is 0 Å². The minimum atomic E-state index is -0.590. The average Bonchev–Trinajstić information content (AvgIpc) is 2.14. The molecule has 4 nitrogen and oxygen atoms in total. The van der Waals surface area contributed by atoms with E-state index < -0.39 is 5.60 Å². The molecule has 1 saturated heterocycles. The van der Waals surface area contributed by atoms with Crippen molar-refractivity contribution < 1.29 is 9.90 Å². The fraction of sp³-hybridized carbons (Fsp3) is 0.923. The van der Waals surface area contributed by atoms with Gasteiger partial charge in [0.1, 0.15) is 0 Å². The molecule has 1 amide bonds. The Hall–Kier alpha value is -0.610. The van der Waals surface area contributed by atoms with Gasteiger partial charge in [-0.2, -0.15) is 0 Å². The number of β-amino-alcohol motifs (C(OH)–C–C–N with tert-alkyl or cyclic N) is 1. The molecule has 1 unspecified atom stereocenters. The lowest BCUT2D eigenvalue weighted by molar-refractivity contribution is -0.130. The van der Waals surface area contributed by atoms with E-state index in [9.17, 15) is 9.90 Å². The van der Waals surface area contributed by atoms with Crippen LogP contribution >= 0.6 is 0 Å². The third kappa shape index (κ3) is 5.50. The quantitative estimate of drug-likeness (QED) is 0.658. The number of carbonyl (C=O) groups is 1. The van der Waals surface area contributed by atoms with E-state index in [1.54, 1.807) is 6.92 Å². The second kappa shape index (κ2) is 6.36. The van der Waals surface area contributed by atoms with Crippen LogP contribution in [0.3, 0.4) is 0 Å².